The zero-order valence-corrected chi connectivity index (χ0v) is 13.3. The molecule has 0 atom stereocenters. The standard InChI is InChI=1S/C16H14FN3O4/c1-8-13-9(2)24-19-14(13)15(21)20(18-8)7-10-4-5-11(17)6-12(10)16(22)23-3/h4-6H,7H2,1-3H3. The van der Waals surface area contributed by atoms with Crippen LogP contribution >= 0.6 is 0 Å². The van der Waals surface area contributed by atoms with Crippen molar-refractivity contribution in [3.63, 3.8) is 0 Å². The first-order valence-corrected chi connectivity index (χ1v) is 7.12. The third-order valence-electron chi connectivity index (χ3n) is 3.73. The number of aromatic nitrogens is 3. The smallest absolute Gasteiger partial charge is 0.338 e. The van der Waals surface area contributed by atoms with Gasteiger partial charge in [0.1, 0.15) is 11.6 Å². The minimum atomic E-state index is -0.687. The molecule has 3 aromatic rings. The SMILES string of the molecule is COC(=O)c1cc(F)ccc1Cn1nc(C)c2c(C)onc2c1=O. The topological polar surface area (TPSA) is 87.2 Å². The summed E-state index contributed by atoms with van der Waals surface area (Å²) in [5.41, 5.74) is 0.747. The van der Waals surface area contributed by atoms with E-state index in [0.29, 0.717) is 22.4 Å². The molecule has 0 saturated heterocycles. The van der Waals surface area contributed by atoms with Gasteiger partial charge in [0.05, 0.1) is 30.3 Å². The molecule has 2 heterocycles. The van der Waals surface area contributed by atoms with Gasteiger partial charge in [-0.3, -0.25) is 4.79 Å². The highest BCUT2D eigenvalue weighted by molar-refractivity contribution is 5.91. The van der Waals surface area contributed by atoms with Crippen LogP contribution in [-0.4, -0.2) is 28.0 Å². The van der Waals surface area contributed by atoms with Crippen LogP contribution in [0.1, 0.15) is 27.4 Å². The molecule has 0 aliphatic rings. The Balaban J connectivity index is 2.13. The minimum absolute atomic E-state index is 0.0216. The van der Waals surface area contributed by atoms with E-state index in [1.54, 1.807) is 13.8 Å². The molecule has 0 spiro atoms. The van der Waals surface area contributed by atoms with Crippen molar-refractivity contribution < 1.29 is 18.4 Å². The summed E-state index contributed by atoms with van der Waals surface area (Å²) in [5.74, 6) is -0.748. The molecule has 0 amide bonds. The van der Waals surface area contributed by atoms with Gasteiger partial charge < -0.3 is 9.26 Å². The van der Waals surface area contributed by atoms with Crippen LogP contribution in [0.15, 0.2) is 27.5 Å². The lowest BCUT2D eigenvalue weighted by molar-refractivity contribution is 0.0598. The number of esters is 1. The van der Waals surface area contributed by atoms with Crippen molar-refractivity contribution in [1.29, 1.82) is 0 Å². The Bertz CT molecular complexity index is 1010. The number of rotatable bonds is 3. The van der Waals surface area contributed by atoms with Crippen LogP contribution < -0.4 is 5.56 Å². The number of carbonyl (C=O) groups is 1. The van der Waals surface area contributed by atoms with Crippen LogP contribution in [0.3, 0.4) is 0 Å². The Kier molecular flexibility index (Phi) is 3.88. The van der Waals surface area contributed by atoms with E-state index < -0.39 is 17.3 Å². The van der Waals surface area contributed by atoms with Crippen LogP contribution in [0.5, 0.6) is 0 Å². The number of nitrogens with zero attached hydrogens (tertiary/aromatic N) is 3. The summed E-state index contributed by atoms with van der Waals surface area (Å²) >= 11 is 0. The second-order valence-corrected chi connectivity index (χ2v) is 5.30. The summed E-state index contributed by atoms with van der Waals surface area (Å²) in [4.78, 5) is 24.3. The molecule has 1 aromatic carbocycles. The van der Waals surface area contributed by atoms with Gasteiger partial charge in [-0.1, -0.05) is 11.2 Å². The van der Waals surface area contributed by atoms with Gasteiger partial charge >= 0.3 is 5.97 Å². The van der Waals surface area contributed by atoms with Crippen molar-refractivity contribution in [2.24, 2.45) is 0 Å². The predicted molar refractivity (Wildman–Crippen MR) is 82.4 cm³/mol. The fourth-order valence-corrected chi connectivity index (χ4v) is 2.60. The number of aryl methyl sites for hydroxylation is 2. The summed E-state index contributed by atoms with van der Waals surface area (Å²) in [7, 11) is 1.20. The van der Waals surface area contributed by atoms with Gasteiger partial charge in [0.25, 0.3) is 5.56 Å². The van der Waals surface area contributed by atoms with E-state index in [1.807, 2.05) is 0 Å². The Hall–Kier alpha value is -3.03. The molecule has 7 nitrogen and oxygen atoms in total. The molecule has 0 aliphatic heterocycles. The van der Waals surface area contributed by atoms with Gasteiger partial charge in [0, 0.05) is 0 Å². The molecular formula is C16H14FN3O4. The fourth-order valence-electron chi connectivity index (χ4n) is 2.60. The van der Waals surface area contributed by atoms with E-state index in [9.17, 15) is 14.0 Å². The first kappa shape index (κ1) is 15.9. The second kappa shape index (κ2) is 5.88. The lowest BCUT2D eigenvalue weighted by Crippen LogP contribution is -2.25. The van der Waals surface area contributed by atoms with Crippen molar-refractivity contribution in [1.82, 2.24) is 14.9 Å². The van der Waals surface area contributed by atoms with Crippen LogP contribution in [0.4, 0.5) is 4.39 Å². The Labute approximate surface area is 135 Å². The van der Waals surface area contributed by atoms with Crippen molar-refractivity contribution in [3.05, 3.63) is 57.0 Å². The maximum absolute atomic E-state index is 13.4. The summed E-state index contributed by atoms with van der Waals surface area (Å²) in [6.45, 7) is 3.41. The van der Waals surface area contributed by atoms with E-state index >= 15 is 0 Å². The third kappa shape index (κ3) is 2.55. The van der Waals surface area contributed by atoms with Gasteiger partial charge in [0.2, 0.25) is 0 Å². The van der Waals surface area contributed by atoms with Crippen LogP contribution in [-0.2, 0) is 11.3 Å². The predicted octanol–water partition coefficient (Wildman–Crippen LogP) is 1.98. The molecule has 0 saturated carbocycles. The first-order chi connectivity index (χ1) is 11.4. The Morgan fingerprint density at radius 2 is 2.12 bits per heavy atom. The highest BCUT2D eigenvalue weighted by atomic mass is 19.1. The number of methoxy groups -OCH3 is 1. The van der Waals surface area contributed by atoms with Gasteiger partial charge in [-0.2, -0.15) is 5.10 Å². The second-order valence-electron chi connectivity index (χ2n) is 5.30. The van der Waals surface area contributed by atoms with E-state index in [-0.39, 0.29) is 17.6 Å². The quantitative estimate of drug-likeness (QED) is 0.682. The number of benzene rings is 1. The van der Waals surface area contributed by atoms with Crippen LogP contribution in [0, 0.1) is 19.7 Å². The van der Waals surface area contributed by atoms with Gasteiger partial charge in [-0.05, 0) is 31.5 Å². The van der Waals surface area contributed by atoms with Gasteiger partial charge in [-0.25, -0.2) is 13.9 Å². The lowest BCUT2D eigenvalue weighted by atomic mass is 10.1. The normalized spacial score (nSPS) is 11.0. The first-order valence-electron chi connectivity index (χ1n) is 7.12. The number of halogens is 1. The molecule has 24 heavy (non-hydrogen) atoms. The number of carbonyl (C=O) groups excluding carboxylic acids is 1. The lowest BCUT2D eigenvalue weighted by Gasteiger charge is -2.10. The average Bonchev–Trinajstić information content (AvgIpc) is 2.95. The molecule has 0 radical (unpaired) electrons. The van der Waals surface area contributed by atoms with E-state index in [1.165, 1.54) is 23.9 Å². The summed E-state index contributed by atoms with van der Waals surface area (Å²) in [6, 6.07) is 3.69. The Morgan fingerprint density at radius 3 is 2.83 bits per heavy atom. The van der Waals surface area contributed by atoms with Crippen molar-refractivity contribution in [2.45, 2.75) is 20.4 Å². The zero-order valence-electron chi connectivity index (χ0n) is 13.3. The number of ether oxygens (including phenoxy) is 1. The average molecular weight is 331 g/mol. The van der Waals surface area contributed by atoms with Crippen LogP contribution in [0.2, 0.25) is 0 Å². The molecule has 0 unspecified atom stereocenters. The van der Waals surface area contributed by atoms with Gasteiger partial charge in [0.15, 0.2) is 5.52 Å². The maximum atomic E-state index is 13.4. The summed E-state index contributed by atoms with van der Waals surface area (Å²) < 4.78 is 24.3. The Morgan fingerprint density at radius 1 is 1.38 bits per heavy atom. The molecular weight excluding hydrogens is 317 g/mol. The molecule has 3 rings (SSSR count). The third-order valence-corrected chi connectivity index (χ3v) is 3.73. The number of fused-ring (bicyclic) bond motifs is 1. The minimum Gasteiger partial charge on any atom is -0.465 e. The van der Waals surface area contributed by atoms with Crippen molar-refractivity contribution >= 4 is 16.9 Å². The van der Waals surface area contributed by atoms with Crippen molar-refractivity contribution in [2.75, 3.05) is 7.11 Å². The molecule has 0 N–H and O–H groups in total. The fraction of sp³-hybridized carbons (Fsp3) is 0.250. The number of hydrogen-bond donors (Lipinski definition) is 0. The summed E-state index contributed by atoms with van der Waals surface area (Å²) in [5, 5.41) is 8.58. The van der Waals surface area contributed by atoms with E-state index in [0.717, 1.165) is 6.07 Å². The largest absolute Gasteiger partial charge is 0.465 e. The number of hydrogen-bond acceptors (Lipinski definition) is 6. The zero-order chi connectivity index (χ0) is 17.4. The van der Waals surface area contributed by atoms with E-state index in [2.05, 4.69) is 15.0 Å². The molecule has 0 fully saturated rings. The summed E-state index contributed by atoms with van der Waals surface area (Å²) in [6.07, 6.45) is 0. The van der Waals surface area contributed by atoms with Crippen LogP contribution in [0.25, 0.3) is 10.9 Å². The maximum Gasteiger partial charge on any atom is 0.338 e. The monoisotopic (exact) mass is 331 g/mol. The van der Waals surface area contributed by atoms with Crippen molar-refractivity contribution in [3.8, 4) is 0 Å². The molecule has 0 bridgehead atoms. The molecule has 2 aromatic heterocycles. The highest BCUT2D eigenvalue weighted by Gasteiger charge is 2.18. The van der Waals surface area contributed by atoms with Gasteiger partial charge in [-0.15, -0.1) is 0 Å². The molecule has 0 aliphatic carbocycles. The molecule has 8 heteroatoms. The van der Waals surface area contributed by atoms with E-state index in [4.69, 9.17) is 4.52 Å². The highest BCUT2D eigenvalue weighted by Crippen LogP contribution is 2.18. The molecule has 124 valence electrons.